The molecular weight excluding hydrogens is 593 g/mol. The molecule has 10 aromatic rings. The zero-order valence-electron chi connectivity index (χ0n) is 26.7. The average molecular weight is 623 g/mol. The van der Waals surface area contributed by atoms with Crippen LogP contribution in [0.3, 0.4) is 0 Å². The summed E-state index contributed by atoms with van der Waals surface area (Å²) < 4.78 is 6.49. The van der Waals surface area contributed by atoms with Crippen molar-refractivity contribution in [2.45, 2.75) is 0 Å². The van der Waals surface area contributed by atoms with E-state index in [1.807, 2.05) is 6.07 Å². The van der Waals surface area contributed by atoms with Crippen LogP contribution in [0.1, 0.15) is 0 Å². The number of hydrogen-bond donors (Lipinski definition) is 0. The van der Waals surface area contributed by atoms with Gasteiger partial charge in [-0.05, 0) is 101 Å². The number of benzene rings is 9. The second-order valence-corrected chi connectivity index (χ2v) is 12.8. The summed E-state index contributed by atoms with van der Waals surface area (Å²) >= 11 is 0. The fraction of sp³-hybridized carbons (Fsp3) is 0. The number of fused-ring (bicyclic) bond motifs is 6. The fourth-order valence-corrected chi connectivity index (χ4v) is 7.89. The van der Waals surface area contributed by atoms with Crippen molar-refractivity contribution in [3.63, 3.8) is 0 Å². The summed E-state index contributed by atoms with van der Waals surface area (Å²) in [7, 11) is 0. The van der Waals surface area contributed by atoms with E-state index in [9.17, 15) is 0 Å². The third-order valence-electron chi connectivity index (χ3n) is 10.0. The van der Waals surface area contributed by atoms with Gasteiger partial charge in [0.25, 0.3) is 0 Å². The molecule has 0 aliphatic heterocycles. The molecule has 0 aliphatic carbocycles. The molecule has 10 rings (SSSR count). The monoisotopic (exact) mass is 622 g/mol. The molecule has 0 unspecified atom stereocenters. The first-order valence-electron chi connectivity index (χ1n) is 16.8. The zero-order chi connectivity index (χ0) is 32.3. The minimum Gasteiger partial charge on any atom is -0.456 e. The van der Waals surface area contributed by atoms with Crippen molar-refractivity contribution in [1.82, 2.24) is 0 Å². The summed E-state index contributed by atoms with van der Waals surface area (Å²) in [5.74, 6) is 0. The lowest BCUT2D eigenvalue weighted by atomic mass is 9.84. The summed E-state index contributed by atoms with van der Waals surface area (Å²) in [6.07, 6.45) is 0. The van der Waals surface area contributed by atoms with E-state index in [-0.39, 0.29) is 0 Å². The van der Waals surface area contributed by atoms with E-state index in [2.05, 4.69) is 176 Å². The molecule has 9 aromatic carbocycles. The third-order valence-corrected chi connectivity index (χ3v) is 10.0. The molecule has 0 aliphatic rings. The van der Waals surface area contributed by atoms with Crippen molar-refractivity contribution in [1.29, 1.82) is 0 Å². The first kappa shape index (κ1) is 27.7. The van der Waals surface area contributed by atoms with Crippen molar-refractivity contribution in [2.75, 3.05) is 0 Å². The second-order valence-electron chi connectivity index (χ2n) is 12.8. The molecule has 0 amide bonds. The normalized spacial score (nSPS) is 11.7. The third kappa shape index (κ3) is 4.40. The highest BCUT2D eigenvalue weighted by atomic mass is 16.3. The molecule has 1 nitrogen and oxygen atoms in total. The van der Waals surface area contributed by atoms with Gasteiger partial charge in [0, 0.05) is 10.8 Å². The molecule has 228 valence electrons. The van der Waals surface area contributed by atoms with Crippen LogP contribution in [0.4, 0.5) is 0 Å². The van der Waals surface area contributed by atoms with E-state index in [1.165, 1.54) is 65.7 Å². The van der Waals surface area contributed by atoms with Crippen LogP contribution >= 0.6 is 0 Å². The second kappa shape index (κ2) is 11.1. The first-order valence-corrected chi connectivity index (χ1v) is 16.8. The number of para-hydroxylation sites is 1. The maximum atomic E-state index is 6.49. The van der Waals surface area contributed by atoms with Gasteiger partial charge in [0.05, 0.1) is 0 Å². The Labute approximate surface area is 284 Å². The van der Waals surface area contributed by atoms with E-state index >= 15 is 0 Å². The van der Waals surface area contributed by atoms with E-state index in [0.717, 1.165) is 33.1 Å². The molecule has 0 radical (unpaired) electrons. The quantitative estimate of drug-likeness (QED) is 0.178. The molecule has 1 heterocycles. The van der Waals surface area contributed by atoms with Gasteiger partial charge in [-0.1, -0.05) is 158 Å². The molecule has 1 heteroatoms. The van der Waals surface area contributed by atoms with E-state index in [0.29, 0.717) is 0 Å². The largest absolute Gasteiger partial charge is 0.456 e. The Morgan fingerprint density at radius 3 is 1.59 bits per heavy atom. The highest BCUT2D eigenvalue weighted by molar-refractivity contribution is 6.23. The Morgan fingerprint density at radius 1 is 0.286 bits per heavy atom. The topological polar surface area (TPSA) is 13.1 Å². The Kier molecular flexibility index (Phi) is 6.25. The van der Waals surface area contributed by atoms with Gasteiger partial charge in [-0.3, -0.25) is 0 Å². The molecule has 0 saturated carbocycles. The number of hydrogen-bond acceptors (Lipinski definition) is 1. The van der Waals surface area contributed by atoms with Gasteiger partial charge in [0.15, 0.2) is 0 Å². The van der Waals surface area contributed by atoms with Crippen molar-refractivity contribution in [3.8, 4) is 44.5 Å². The molecule has 0 bridgehead atoms. The molecule has 49 heavy (non-hydrogen) atoms. The van der Waals surface area contributed by atoms with Gasteiger partial charge in [0.1, 0.15) is 11.2 Å². The van der Waals surface area contributed by atoms with Gasteiger partial charge in [0.2, 0.25) is 0 Å². The molecule has 0 spiro atoms. The van der Waals surface area contributed by atoms with Crippen LogP contribution in [-0.4, -0.2) is 0 Å². The Balaban J connectivity index is 1.23. The molecule has 0 fully saturated rings. The van der Waals surface area contributed by atoms with Crippen LogP contribution in [-0.2, 0) is 0 Å². The lowest BCUT2D eigenvalue weighted by Crippen LogP contribution is -1.92. The van der Waals surface area contributed by atoms with Crippen LogP contribution in [0.5, 0.6) is 0 Å². The van der Waals surface area contributed by atoms with Crippen molar-refractivity contribution >= 4 is 54.3 Å². The smallest absolute Gasteiger partial charge is 0.136 e. The lowest BCUT2D eigenvalue weighted by molar-refractivity contribution is 0.669. The summed E-state index contributed by atoms with van der Waals surface area (Å²) in [5.41, 5.74) is 11.5. The van der Waals surface area contributed by atoms with Crippen molar-refractivity contribution < 1.29 is 4.42 Å². The first-order chi connectivity index (χ1) is 24.3. The Morgan fingerprint density at radius 2 is 0.837 bits per heavy atom. The molecule has 0 N–H and O–H groups in total. The summed E-state index contributed by atoms with van der Waals surface area (Å²) in [5, 5.41) is 9.83. The van der Waals surface area contributed by atoms with Crippen LogP contribution < -0.4 is 0 Å². The van der Waals surface area contributed by atoms with E-state index < -0.39 is 0 Å². The maximum absolute atomic E-state index is 6.49. The number of furan rings is 1. The van der Waals surface area contributed by atoms with Gasteiger partial charge in [-0.15, -0.1) is 0 Å². The number of rotatable bonds is 4. The van der Waals surface area contributed by atoms with Crippen LogP contribution in [0, 0.1) is 0 Å². The van der Waals surface area contributed by atoms with Crippen molar-refractivity contribution in [2.24, 2.45) is 0 Å². The minimum atomic E-state index is 0.901. The van der Waals surface area contributed by atoms with Gasteiger partial charge < -0.3 is 4.42 Å². The Hall–Kier alpha value is -6.44. The van der Waals surface area contributed by atoms with Crippen LogP contribution in [0.2, 0.25) is 0 Å². The summed E-state index contributed by atoms with van der Waals surface area (Å²) in [6.45, 7) is 0. The average Bonchev–Trinajstić information content (AvgIpc) is 3.55. The molecule has 0 atom stereocenters. The fourth-order valence-electron chi connectivity index (χ4n) is 7.89. The van der Waals surface area contributed by atoms with Gasteiger partial charge in [-0.2, -0.15) is 0 Å². The van der Waals surface area contributed by atoms with E-state index in [4.69, 9.17) is 4.42 Å². The maximum Gasteiger partial charge on any atom is 0.136 e. The minimum absolute atomic E-state index is 0.901. The molecular formula is C48H30O. The SMILES string of the molecule is c1ccc(-c2cc(-c3cccc(-c4c5ccccc5c(-c5cccc6ccccc56)c5ccccc45)c3)cc3oc4ccccc4c23)cc1. The zero-order valence-corrected chi connectivity index (χ0v) is 26.7. The highest BCUT2D eigenvalue weighted by Crippen LogP contribution is 2.46. The van der Waals surface area contributed by atoms with E-state index in [1.54, 1.807) is 0 Å². The predicted molar refractivity (Wildman–Crippen MR) is 208 cm³/mol. The van der Waals surface area contributed by atoms with Gasteiger partial charge >= 0.3 is 0 Å². The summed E-state index contributed by atoms with van der Waals surface area (Å²) in [6, 6.07) is 65.7. The lowest BCUT2D eigenvalue weighted by Gasteiger charge is -2.19. The standard InChI is InChI=1S/C48H30O/c1-2-14-32(15-3-1)43-29-35(30-45-48(43)42-25-10-11-27-44(42)49-45)33-18-12-19-34(28-33)46-38-21-6-8-23-40(38)47(41-24-9-7-22-39(41)46)37-26-13-17-31-16-4-5-20-36(31)37/h1-30H. The van der Waals surface area contributed by atoms with Crippen LogP contribution in [0.25, 0.3) is 98.8 Å². The summed E-state index contributed by atoms with van der Waals surface area (Å²) in [4.78, 5) is 0. The highest BCUT2D eigenvalue weighted by Gasteiger charge is 2.19. The van der Waals surface area contributed by atoms with Crippen molar-refractivity contribution in [3.05, 3.63) is 182 Å². The molecule has 1 aromatic heterocycles. The molecule has 0 saturated heterocycles. The van der Waals surface area contributed by atoms with Crippen LogP contribution in [0.15, 0.2) is 186 Å². The predicted octanol–water partition coefficient (Wildman–Crippen LogP) is 13.7. The Bertz CT molecular complexity index is 2810. The van der Waals surface area contributed by atoms with Gasteiger partial charge in [-0.25, -0.2) is 0 Å².